The lowest BCUT2D eigenvalue weighted by Crippen LogP contribution is -2.31. The minimum atomic E-state index is -4.43. The van der Waals surface area contributed by atoms with Gasteiger partial charge in [-0.05, 0) is 42.8 Å². The Bertz CT molecular complexity index is 1260. The van der Waals surface area contributed by atoms with Crippen molar-refractivity contribution in [3.05, 3.63) is 101 Å². The van der Waals surface area contributed by atoms with Crippen LogP contribution < -0.4 is 4.31 Å². The molecule has 0 saturated carbocycles. The quantitative estimate of drug-likeness (QED) is 0.401. The summed E-state index contributed by atoms with van der Waals surface area (Å²) >= 11 is 0. The molecule has 32 heavy (non-hydrogen) atoms. The molecule has 3 rings (SSSR count). The second kappa shape index (κ2) is 9.24. The number of sulfonamides is 1. The Morgan fingerprint density at radius 1 is 0.969 bits per heavy atom. The van der Waals surface area contributed by atoms with Crippen molar-refractivity contribution in [2.75, 3.05) is 10.8 Å². The van der Waals surface area contributed by atoms with Crippen molar-refractivity contribution < 1.29 is 21.6 Å². The summed E-state index contributed by atoms with van der Waals surface area (Å²) in [4.78, 5) is 3.23. The molecule has 0 atom stereocenters. The predicted octanol–water partition coefficient (Wildman–Crippen LogP) is 6.41. The molecule has 0 saturated heterocycles. The highest BCUT2D eigenvalue weighted by atomic mass is 32.2. The van der Waals surface area contributed by atoms with E-state index in [9.17, 15) is 27.0 Å². The second-order valence-corrected chi connectivity index (χ2v) is 8.82. The molecular weight excluding hydrogens is 439 g/mol. The van der Waals surface area contributed by atoms with E-state index in [1.807, 2.05) is 6.92 Å². The largest absolute Gasteiger partial charge is 0.416 e. The number of aryl methyl sites for hydroxylation is 1. The molecule has 164 valence electrons. The maximum atomic E-state index is 13.4. The number of diazo groups is 1. The van der Waals surface area contributed by atoms with Gasteiger partial charge in [-0.15, -0.1) is 0 Å². The first-order valence-electron chi connectivity index (χ1n) is 9.50. The Morgan fingerprint density at radius 2 is 1.59 bits per heavy atom. The summed E-state index contributed by atoms with van der Waals surface area (Å²) in [5, 5.41) is 9.33. The summed E-state index contributed by atoms with van der Waals surface area (Å²) in [5.41, 5.74) is 0.824. The predicted molar refractivity (Wildman–Crippen MR) is 117 cm³/mol. The van der Waals surface area contributed by atoms with Gasteiger partial charge in [0.2, 0.25) is 5.39 Å². The van der Waals surface area contributed by atoms with Gasteiger partial charge in [0.15, 0.2) is 4.98 Å². The molecule has 0 radical (unpaired) electrons. The lowest BCUT2D eigenvalue weighted by atomic mass is 10.1. The van der Waals surface area contributed by atoms with Gasteiger partial charge in [0.25, 0.3) is 10.0 Å². The highest BCUT2D eigenvalue weighted by molar-refractivity contribution is 7.92. The van der Waals surface area contributed by atoms with E-state index in [2.05, 4.69) is 4.98 Å². The highest BCUT2D eigenvalue weighted by Crippen LogP contribution is 2.33. The normalized spacial score (nSPS) is 12.0. The molecule has 0 aliphatic heterocycles. The topological polar surface area (TPSA) is 65.5 Å². The van der Waals surface area contributed by atoms with Crippen LogP contribution in [0.5, 0.6) is 0 Å². The van der Waals surface area contributed by atoms with Crippen LogP contribution in [0, 0.1) is 12.3 Å². The van der Waals surface area contributed by atoms with E-state index < -0.39 is 21.8 Å². The minimum Gasteiger partial charge on any atom is -0.254 e. The average molecular weight is 458 g/mol. The number of benzene rings is 3. The monoisotopic (exact) mass is 458 g/mol. The second-order valence-electron chi connectivity index (χ2n) is 6.96. The van der Waals surface area contributed by atoms with E-state index in [0.717, 1.165) is 22.0 Å². The molecule has 0 N–H and O–H groups in total. The van der Waals surface area contributed by atoms with E-state index >= 15 is 0 Å². The first-order chi connectivity index (χ1) is 15.1. The lowest BCUT2D eigenvalue weighted by Gasteiger charge is -2.21. The van der Waals surface area contributed by atoms with E-state index in [1.54, 1.807) is 24.3 Å². The standard InChI is InChI=1S/C23H19F3N3O2S/c1-17-8-14-20(15-9-17)32(30,31)29(22-7-3-2-6-21(22)28-27)16-4-5-18-10-12-19(13-11-18)23(24,25)26/h2-15H,16H2,1H3/q+1/b5-4+. The van der Waals surface area contributed by atoms with E-state index in [1.165, 1.54) is 48.6 Å². The van der Waals surface area contributed by atoms with Gasteiger partial charge in [-0.2, -0.15) is 13.2 Å². The molecule has 3 aromatic carbocycles. The maximum absolute atomic E-state index is 13.4. The first kappa shape index (κ1) is 23.0. The summed E-state index contributed by atoms with van der Waals surface area (Å²) in [6.45, 7) is 1.70. The molecule has 5 nitrogen and oxygen atoms in total. The van der Waals surface area contributed by atoms with Gasteiger partial charge < -0.3 is 0 Å². The van der Waals surface area contributed by atoms with E-state index in [4.69, 9.17) is 0 Å². The highest BCUT2D eigenvalue weighted by Gasteiger charge is 2.31. The smallest absolute Gasteiger partial charge is 0.254 e. The Labute approximate surface area is 184 Å². The number of hydrogen-bond acceptors (Lipinski definition) is 3. The molecular formula is C23H19F3N3O2S+. The number of hydrogen-bond donors (Lipinski definition) is 0. The van der Waals surface area contributed by atoms with E-state index in [0.29, 0.717) is 5.56 Å². The lowest BCUT2D eigenvalue weighted by molar-refractivity contribution is -0.137. The molecule has 0 aliphatic carbocycles. The van der Waals surface area contributed by atoms with Gasteiger partial charge in [0, 0.05) is 6.07 Å². The van der Waals surface area contributed by atoms with Gasteiger partial charge in [-0.25, -0.2) is 8.42 Å². The van der Waals surface area contributed by atoms with Crippen LogP contribution in [-0.4, -0.2) is 15.0 Å². The fourth-order valence-corrected chi connectivity index (χ4v) is 4.42. The van der Waals surface area contributed by atoms with E-state index in [-0.39, 0.29) is 22.8 Å². The van der Waals surface area contributed by atoms with Crippen LogP contribution in [0.4, 0.5) is 24.5 Å². The molecule has 0 heterocycles. The summed E-state index contributed by atoms with van der Waals surface area (Å²) in [6, 6.07) is 17.0. The van der Waals surface area contributed by atoms with Gasteiger partial charge in [0.1, 0.15) is 5.69 Å². The molecule has 0 aromatic heterocycles. The zero-order valence-corrected chi connectivity index (χ0v) is 17.8. The molecule has 9 heteroatoms. The van der Waals surface area contributed by atoms with Crippen molar-refractivity contribution in [2.45, 2.75) is 18.0 Å². The number of halogens is 3. The Hall–Kier alpha value is -3.64. The van der Waals surface area contributed by atoms with Crippen LogP contribution in [0.15, 0.2) is 83.8 Å². The van der Waals surface area contributed by atoms with Crippen molar-refractivity contribution in [2.24, 2.45) is 0 Å². The number of para-hydroxylation sites is 1. The Kier molecular flexibility index (Phi) is 6.65. The number of anilines is 1. The van der Waals surface area contributed by atoms with Gasteiger partial charge in [-0.3, -0.25) is 4.31 Å². The fourth-order valence-electron chi connectivity index (χ4n) is 2.99. The molecule has 0 fully saturated rings. The van der Waals surface area contributed by atoms with Crippen molar-refractivity contribution in [1.82, 2.24) is 0 Å². The van der Waals surface area contributed by atoms with Crippen LogP contribution >= 0.6 is 0 Å². The van der Waals surface area contributed by atoms with Crippen LogP contribution in [-0.2, 0) is 16.2 Å². The summed E-state index contributed by atoms with van der Waals surface area (Å²) < 4.78 is 66.0. The Balaban J connectivity index is 1.96. The van der Waals surface area contributed by atoms with Crippen molar-refractivity contribution in [3.63, 3.8) is 0 Å². The summed E-state index contributed by atoms with van der Waals surface area (Å²) in [7, 11) is -4.02. The Morgan fingerprint density at radius 3 is 2.19 bits per heavy atom. The first-order valence-corrected chi connectivity index (χ1v) is 10.9. The summed E-state index contributed by atoms with van der Waals surface area (Å²) in [6.07, 6.45) is -1.39. The zero-order chi connectivity index (χ0) is 23.4. The molecule has 0 bridgehead atoms. The summed E-state index contributed by atoms with van der Waals surface area (Å²) in [5.74, 6) is 0. The number of rotatable bonds is 6. The third-order valence-electron chi connectivity index (χ3n) is 4.69. The van der Waals surface area contributed by atoms with Crippen molar-refractivity contribution >= 4 is 27.5 Å². The van der Waals surface area contributed by atoms with Crippen molar-refractivity contribution in [3.8, 4) is 0 Å². The third-order valence-corrected chi connectivity index (χ3v) is 6.48. The average Bonchev–Trinajstić information content (AvgIpc) is 2.76. The van der Waals surface area contributed by atoms with Crippen LogP contribution in [0.3, 0.4) is 0 Å². The molecule has 3 aromatic rings. The maximum Gasteiger partial charge on any atom is 0.416 e. The number of nitrogens with zero attached hydrogens (tertiary/aromatic N) is 3. The van der Waals surface area contributed by atoms with Crippen LogP contribution in [0.2, 0.25) is 0 Å². The van der Waals surface area contributed by atoms with Crippen molar-refractivity contribution in [1.29, 1.82) is 5.39 Å². The van der Waals surface area contributed by atoms with Crippen LogP contribution in [0.25, 0.3) is 11.1 Å². The third kappa shape index (κ3) is 5.15. The zero-order valence-electron chi connectivity index (χ0n) is 17.0. The van der Waals surface area contributed by atoms with Gasteiger partial charge in [-0.1, -0.05) is 54.1 Å². The van der Waals surface area contributed by atoms with Gasteiger partial charge >= 0.3 is 11.9 Å². The minimum absolute atomic E-state index is 0.0544. The molecule has 0 amide bonds. The van der Waals surface area contributed by atoms with Crippen LogP contribution in [0.1, 0.15) is 16.7 Å². The van der Waals surface area contributed by atoms with Gasteiger partial charge in [0.05, 0.1) is 17.0 Å². The fraction of sp³-hybridized carbons (Fsp3) is 0.130. The molecule has 0 unspecified atom stereocenters. The number of alkyl halides is 3. The molecule has 0 spiro atoms. The molecule has 0 aliphatic rings. The SMILES string of the molecule is Cc1ccc(S(=O)(=O)N(C/C=C/c2ccc(C(F)(F)F)cc2)c2ccccc2[N+]#N)cc1.